The largest absolute Gasteiger partial charge is 0.309 e. The molecule has 16 aromatic rings. The van der Waals surface area contributed by atoms with Gasteiger partial charge < -0.3 is 13.4 Å². The molecule has 0 amide bonds. The Hall–Kier alpha value is -9.18. The van der Waals surface area contributed by atoms with E-state index in [1.807, 2.05) is 0 Å². The van der Waals surface area contributed by atoms with Gasteiger partial charge in [-0.1, -0.05) is 182 Å². The molecule has 0 saturated carbocycles. The first-order chi connectivity index (χ1) is 35.3. The third-order valence-electron chi connectivity index (χ3n) is 16.5. The Morgan fingerprint density at radius 2 is 0.859 bits per heavy atom. The zero-order valence-electron chi connectivity index (χ0n) is 38.6. The lowest BCUT2D eigenvalue weighted by atomic mass is 9.79. The lowest BCUT2D eigenvalue weighted by molar-refractivity contribution is 0.869. The smallest absolute Gasteiger partial charge is 0.0626 e. The molecule has 1 atom stereocenters. The molecule has 0 fully saturated rings. The summed E-state index contributed by atoms with van der Waals surface area (Å²) in [6, 6.07) is 84.5. The number of para-hydroxylation sites is 7. The van der Waals surface area contributed by atoms with E-state index >= 15 is 0 Å². The van der Waals surface area contributed by atoms with Crippen LogP contribution in [-0.4, -0.2) is 13.4 Å². The molecule has 0 N–H and O–H groups in total. The van der Waals surface area contributed by atoms with Crippen molar-refractivity contribution in [1.82, 2.24) is 13.4 Å². The van der Waals surface area contributed by atoms with Crippen molar-refractivity contribution in [1.29, 1.82) is 0 Å². The van der Waals surface area contributed by atoms with E-state index in [1.165, 1.54) is 147 Å². The van der Waals surface area contributed by atoms with E-state index in [4.69, 9.17) is 0 Å². The summed E-state index contributed by atoms with van der Waals surface area (Å²) < 4.78 is 7.56. The van der Waals surface area contributed by atoms with Crippen molar-refractivity contribution in [3.63, 3.8) is 0 Å². The summed E-state index contributed by atoms with van der Waals surface area (Å²) in [5.74, 6) is 0.138. The minimum absolute atomic E-state index is 0.138. The molecule has 328 valence electrons. The van der Waals surface area contributed by atoms with E-state index < -0.39 is 0 Å². The maximum Gasteiger partial charge on any atom is 0.0626 e. The van der Waals surface area contributed by atoms with E-state index in [0.29, 0.717) is 0 Å². The summed E-state index contributed by atoms with van der Waals surface area (Å²) in [5.41, 5.74) is 19.1. The lowest BCUT2D eigenvalue weighted by Crippen LogP contribution is -2.12. The summed E-state index contributed by atoms with van der Waals surface area (Å²) in [4.78, 5) is 0. The number of fused-ring (bicyclic) bond motifs is 17. The number of nitrogens with zero attached hydrogens (tertiary/aromatic N) is 3. The minimum Gasteiger partial charge on any atom is -0.309 e. The number of rotatable bonds is 4. The molecule has 5 aromatic heterocycles. The van der Waals surface area contributed by atoms with Gasteiger partial charge in [0.25, 0.3) is 0 Å². The first kappa shape index (κ1) is 37.8. The minimum atomic E-state index is 0.138. The second kappa shape index (κ2) is 13.7. The molecule has 3 nitrogen and oxygen atoms in total. The summed E-state index contributed by atoms with van der Waals surface area (Å²) in [6.45, 7) is 0. The van der Waals surface area contributed by atoms with Crippen molar-refractivity contribution < 1.29 is 0 Å². The van der Waals surface area contributed by atoms with Crippen LogP contribution in [0.3, 0.4) is 0 Å². The van der Waals surface area contributed by atoms with Crippen LogP contribution in [0.15, 0.2) is 224 Å². The van der Waals surface area contributed by atoms with Crippen LogP contribution in [0.25, 0.3) is 143 Å². The molecule has 1 aliphatic rings. The quantitative estimate of drug-likeness (QED) is 0.156. The molecular formula is C68H41N3. The van der Waals surface area contributed by atoms with Crippen LogP contribution < -0.4 is 5.22 Å². The lowest BCUT2D eigenvalue weighted by Gasteiger charge is -2.24. The number of hydrogen-bond acceptors (Lipinski definition) is 0. The van der Waals surface area contributed by atoms with Gasteiger partial charge in [0, 0.05) is 65.5 Å². The van der Waals surface area contributed by atoms with Gasteiger partial charge in [0.15, 0.2) is 0 Å². The molecule has 3 heteroatoms. The maximum absolute atomic E-state index is 2.57. The van der Waals surface area contributed by atoms with Crippen LogP contribution in [-0.2, 0) is 0 Å². The van der Waals surface area contributed by atoms with E-state index in [9.17, 15) is 0 Å². The van der Waals surface area contributed by atoms with Crippen molar-refractivity contribution >= 4 is 115 Å². The summed E-state index contributed by atoms with van der Waals surface area (Å²) in [5, 5.41) is 16.8. The van der Waals surface area contributed by atoms with Gasteiger partial charge in [0.1, 0.15) is 0 Å². The van der Waals surface area contributed by atoms with E-state index in [0.717, 1.165) is 12.1 Å². The van der Waals surface area contributed by atoms with Crippen molar-refractivity contribution in [2.45, 2.75) is 12.3 Å². The van der Waals surface area contributed by atoms with Crippen molar-refractivity contribution in [2.24, 2.45) is 0 Å². The van der Waals surface area contributed by atoms with Crippen LogP contribution in [0.2, 0.25) is 0 Å². The van der Waals surface area contributed by atoms with Crippen molar-refractivity contribution in [3.8, 4) is 27.9 Å². The molecule has 5 heterocycles. The Bertz CT molecular complexity index is 5020. The monoisotopic (exact) mass is 899 g/mol. The molecular weight excluding hydrogens is 859 g/mol. The predicted octanol–water partition coefficient (Wildman–Crippen LogP) is 17.2. The fourth-order valence-electron chi connectivity index (χ4n) is 13.8. The molecule has 1 unspecified atom stereocenters. The maximum atomic E-state index is 2.57. The fraction of sp³-hybridized carbons (Fsp3) is 0.0294. The van der Waals surface area contributed by atoms with Gasteiger partial charge >= 0.3 is 0 Å². The average molecular weight is 900 g/mol. The second-order valence-electron chi connectivity index (χ2n) is 19.8. The van der Waals surface area contributed by atoms with Crippen LogP contribution in [0.1, 0.15) is 23.5 Å². The molecule has 1 aliphatic carbocycles. The van der Waals surface area contributed by atoms with Crippen molar-refractivity contribution in [2.75, 3.05) is 0 Å². The van der Waals surface area contributed by atoms with Gasteiger partial charge in [-0.2, -0.15) is 0 Å². The van der Waals surface area contributed by atoms with Crippen LogP contribution >= 0.6 is 0 Å². The zero-order valence-corrected chi connectivity index (χ0v) is 38.6. The summed E-state index contributed by atoms with van der Waals surface area (Å²) in [7, 11) is 0. The third-order valence-corrected chi connectivity index (χ3v) is 16.5. The second-order valence-corrected chi connectivity index (χ2v) is 19.8. The van der Waals surface area contributed by atoms with Crippen LogP contribution in [0.5, 0.6) is 0 Å². The topological polar surface area (TPSA) is 13.8 Å². The molecule has 0 spiro atoms. The van der Waals surface area contributed by atoms with Gasteiger partial charge in [0.05, 0.1) is 44.1 Å². The highest BCUT2D eigenvalue weighted by molar-refractivity contribution is 6.29. The third kappa shape index (κ3) is 4.78. The fourth-order valence-corrected chi connectivity index (χ4v) is 13.8. The molecule has 11 aromatic carbocycles. The van der Waals surface area contributed by atoms with Crippen LogP contribution in [0, 0.1) is 0 Å². The van der Waals surface area contributed by atoms with E-state index in [-0.39, 0.29) is 5.92 Å². The first-order valence-electron chi connectivity index (χ1n) is 25.0. The average Bonchev–Trinajstić information content (AvgIpc) is 4.24. The van der Waals surface area contributed by atoms with Crippen molar-refractivity contribution in [3.05, 3.63) is 241 Å². The SMILES string of the molecule is C1=c2c3ccccc3n3c2c(c2ccccc23)C(c2cccc3c(-c4cccc5c6ccccc6n(-c6ccccc6)c45)c4cccc(-c5ccc6c7ccccc7n7c8ccccc8c5c67)c4cc23)C1. The summed E-state index contributed by atoms with van der Waals surface area (Å²) in [6.07, 6.45) is 3.45. The first-order valence-corrected chi connectivity index (χ1v) is 25.0. The molecule has 0 saturated heterocycles. The normalized spacial score (nSPS) is 14.1. The number of aromatic nitrogens is 3. The highest BCUT2D eigenvalue weighted by Gasteiger charge is 2.30. The van der Waals surface area contributed by atoms with Gasteiger partial charge in [-0.05, 0) is 104 Å². The summed E-state index contributed by atoms with van der Waals surface area (Å²) >= 11 is 0. The highest BCUT2D eigenvalue weighted by atomic mass is 15.0. The molecule has 0 bridgehead atoms. The standard InChI is InChI=1S/C68H41N3/c1-2-17-40(18-3-1)69-58-30-9-4-19-43(58)50-28-16-29-55(66(50)69)63-46-26-14-24-41(48-35-37-51-44-20-5-10-31-59(44)70-61-33-12-7-22-53(61)64(48)67(51)70)56(46)39-57-42(25-15-27-47(57)63)49-36-38-52-45-21-6-11-32-60(45)71-62-34-13-8-23-54(62)65(49)68(52)71/h1-35,37-39,49H,36H2. The van der Waals surface area contributed by atoms with Crippen LogP contribution in [0.4, 0.5) is 0 Å². The number of benzene rings is 11. The van der Waals surface area contributed by atoms with E-state index in [2.05, 4.69) is 244 Å². The van der Waals surface area contributed by atoms with Gasteiger partial charge in [-0.25, -0.2) is 0 Å². The van der Waals surface area contributed by atoms with Gasteiger partial charge in [-0.15, -0.1) is 0 Å². The van der Waals surface area contributed by atoms with E-state index in [1.54, 1.807) is 0 Å². The Kier molecular flexibility index (Phi) is 7.31. The van der Waals surface area contributed by atoms with Gasteiger partial charge in [-0.3, -0.25) is 0 Å². The molecule has 0 radical (unpaired) electrons. The van der Waals surface area contributed by atoms with Gasteiger partial charge in [0.2, 0.25) is 0 Å². The Morgan fingerprint density at radius 3 is 1.63 bits per heavy atom. The molecule has 0 aliphatic heterocycles. The Morgan fingerprint density at radius 1 is 0.324 bits per heavy atom. The Balaban J connectivity index is 1.04. The predicted molar refractivity (Wildman–Crippen MR) is 300 cm³/mol. The highest BCUT2D eigenvalue weighted by Crippen LogP contribution is 2.51. The molecule has 17 rings (SSSR count). The Labute approximate surface area is 407 Å². The zero-order chi connectivity index (χ0) is 46.1. The molecule has 71 heavy (non-hydrogen) atoms. The number of hydrogen-bond donors (Lipinski definition) is 0.